The van der Waals surface area contributed by atoms with Crippen LogP contribution in [-0.2, 0) is 0 Å². The zero-order valence-corrected chi connectivity index (χ0v) is 11.6. The standard InChI is InChI=1S/C16H15N3O2/c1-2-14(11-6-4-3-5-7-11)19-15-9-8-12(16(20)21)10-13(15)17-18-19/h3-10,14H,2H2,1H3,(H,20,21). The van der Waals surface area contributed by atoms with Gasteiger partial charge in [0.05, 0.1) is 17.1 Å². The van der Waals surface area contributed by atoms with Gasteiger partial charge in [-0.25, -0.2) is 9.48 Å². The van der Waals surface area contributed by atoms with Gasteiger partial charge in [-0.3, -0.25) is 0 Å². The molecule has 1 heterocycles. The van der Waals surface area contributed by atoms with Gasteiger partial charge in [0.25, 0.3) is 0 Å². The molecule has 0 aliphatic carbocycles. The highest BCUT2D eigenvalue weighted by molar-refractivity contribution is 5.92. The van der Waals surface area contributed by atoms with Crippen LogP contribution in [0.15, 0.2) is 48.5 Å². The molecule has 0 saturated carbocycles. The average Bonchev–Trinajstić information content (AvgIpc) is 2.92. The Morgan fingerprint density at radius 2 is 2.00 bits per heavy atom. The van der Waals surface area contributed by atoms with Gasteiger partial charge in [-0.2, -0.15) is 0 Å². The molecule has 21 heavy (non-hydrogen) atoms. The molecule has 0 aliphatic heterocycles. The molecule has 1 aromatic heterocycles. The number of aromatic carboxylic acids is 1. The summed E-state index contributed by atoms with van der Waals surface area (Å²) in [6.45, 7) is 2.09. The Labute approximate surface area is 121 Å². The van der Waals surface area contributed by atoms with Gasteiger partial charge in [-0.05, 0) is 30.2 Å². The van der Waals surface area contributed by atoms with E-state index in [2.05, 4.69) is 29.4 Å². The van der Waals surface area contributed by atoms with Gasteiger partial charge in [0.2, 0.25) is 0 Å². The number of carboxylic acids is 1. The van der Waals surface area contributed by atoms with Crippen LogP contribution in [0.1, 0.15) is 35.3 Å². The molecule has 0 spiro atoms. The summed E-state index contributed by atoms with van der Waals surface area (Å²) in [6.07, 6.45) is 0.878. The van der Waals surface area contributed by atoms with Crippen LogP contribution < -0.4 is 0 Å². The summed E-state index contributed by atoms with van der Waals surface area (Å²) in [7, 11) is 0. The number of rotatable bonds is 4. The van der Waals surface area contributed by atoms with Crippen molar-refractivity contribution in [2.45, 2.75) is 19.4 Å². The Morgan fingerprint density at radius 1 is 1.24 bits per heavy atom. The maximum absolute atomic E-state index is 11.0. The first-order valence-corrected chi connectivity index (χ1v) is 6.84. The highest BCUT2D eigenvalue weighted by Crippen LogP contribution is 2.25. The summed E-state index contributed by atoms with van der Waals surface area (Å²) in [4.78, 5) is 11.0. The molecule has 5 nitrogen and oxygen atoms in total. The molecule has 0 bridgehead atoms. The Hall–Kier alpha value is -2.69. The van der Waals surface area contributed by atoms with Gasteiger partial charge in [-0.1, -0.05) is 42.5 Å². The molecule has 3 rings (SSSR count). The molecule has 1 N–H and O–H groups in total. The van der Waals surface area contributed by atoms with Crippen LogP contribution >= 0.6 is 0 Å². The second-order valence-corrected chi connectivity index (χ2v) is 4.88. The first-order chi connectivity index (χ1) is 10.2. The van der Waals surface area contributed by atoms with E-state index >= 15 is 0 Å². The third-order valence-corrected chi connectivity index (χ3v) is 3.58. The van der Waals surface area contributed by atoms with Crippen molar-refractivity contribution in [2.24, 2.45) is 0 Å². The maximum atomic E-state index is 11.0. The number of carbonyl (C=O) groups is 1. The predicted molar refractivity (Wildman–Crippen MR) is 79.4 cm³/mol. The molecule has 0 saturated heterocycles. The zero-order valence-electron chi connectivity index (χ0n) is 11.6. The van der Waals surface area contributed by atoms with E-state index in [1.165, 1.54) is 0 Å². The summed E-state index contributed by atoms with van der Waals surface area (Å²) in [5.74, 6) is -0.957. The topological polar surface area (TPSA) is 68.0 Å². The van der Waals surface area contributed by atoms with Crippen LogP contribution in [0, 0.1) is 0 Å². The van der Waals surface area contributed by atoms with Gasteiger partial charge >= 0.3 is 5.97 Å². The Balaban J connectivity index is 2.09. The Kier molecular flexibility index (Phi) is 3.39. The average molecular weight is 281 g/mol. The van der Waals surface area contributed by atoms with Gasteiger partial charge in [0.1, 0.15) is 5.52 Å². The van der Waals surface area contributed by atoms with Gasteiger partial charge < -0.3 is 5.11 Å². The third-order valence-electron chi connectivity index (χ3n) is 3.58. The lowest BCUT2D eigenvalue weighted by molar-refractivity contribution is 0.0697. The highest BCUT2D eigenvalue weighted by atomic mass is 16.4. The van der Waals surface area contributed by atoms with Crippen LogP contribution in [0.4, 0.5) is 0 Å². The molecule has 106 valence electrons. The fourth-order valence-electron chi connectivity index (χ4n) is 2.53. The van der Waals surface area contributed by atoms with Crippen molar-refractivity contribution >= 4 is 17.0 Å². The number of hydrogen-bond acceptors (Lipinski definition) is 3. The lowest BCUT2D eigenvalue weighted by atomic mass is 10.0. The minimum Gasteiger partial charge on any atom is -0.478 e. The predicted octanol–water partition coefficient (Wildman–Crippen LogP) is 3.13. The summed E-state index contributed by atoms with van der Waals surface area (Å²) in [5, 5.41) is 17.4. The van der Waals surface area contributed by atoms with E-state index in [1.54, 1.807) is 18.2 Å². The van der Waals surface area contributed by atoms with Crippen molar-refractivity contribution in [1.29, 1.82) is 0 Å². The van der Waals surface area contributed by atoms with Crippen LogP contribution in [0.5, 0.6) is 0 Å². The smallest absolute Gasteiger partial charge is 0.335 e. The molecule has 1 atom stereocenters. The minimum atomic E-state index is -0.957. The van der Waals surface area contributed by atoms with Crippen molar-refractivity contribution < 1.29 is 9.90 Å². The quantitative estimate of drug-likeness (QED) is 0.797. The van der Waals surface area contributed by atoms with Gasteiger partial charge in [0, 0.05) is 0 Å². The van der Waals surface area contributed by atoms with Gasteiger partial charge in [0.15, 0.2) is 0 Å². The van der Waals surface area contributed by atoms with Crippen molar-refractivity contribution in [3.63, 3.8) is 0 Å². The zero-order chi connectivity index (χ0) is 14.8. The number of nitrogens with zero attached hydrogens (tertiary/aromatic N) is 3. The molecule has 1 unspecified atom stereocenters. The molecule has 0 aliphatic rings. The first kappa shape index (κ1) is 13.3. The number of aromatic nitrogens is 3. The van der Waals surface area contributed by atoms with Crippen LogP contribution in [0.25, 0.3) is 11.0 Å². The van der Waals surface area contributed by atoms with Gasteiger partial charge in [-0.15, -0.1) is 5.10 Å². The lowest BCUT2D eigenvalue weighted by Gasteiger charge is -2.16. The van der Waals surface area contributed by atoms with E-state index in [0.717, 1.165) is 17.5 Å². The summed E-state index contributed by atoms with van der Waals surface area (Å²) < 4.78 is 1.86. The number of carboxylic acid groups (broad SMARTS) is 1. The molecule has 5 heteroatoms. The summed E-state index contributed by atoms with van der Waals surface area (Å²) >= 11 is 0. The van der Waals surface area contributed by atoms with E-state index in [0.29, 0.717) is 5.52 Å². The number of benzene rings is 2. The van der Waals surface area contributed by atoms with Crippen molar-refractivity contribution in [3.8, 4) is 0 Å². The van der Waals surface area contributed by atoms with Crippen LogP contribution in [0.2, 0.25) is 0 Å². The molecule has 0 radical (unpaired) electrons. The summed E-state index contributed by atoms with van der Waals surface area (Å²) in [6, 6.07) is 15.1. The van der Waals surface area contributed by atoms with Crippen molar-refractivity contribution in [1.82, 2.24) is 15.0 Å². The number of fused-ring (bicyclic) bond motifs is 1. The molecular weight excluding hydrogens is 266 g/mol. The largest absolute Gasteiger partial charge is 0.478 e. The number of hydrogen-bond donors (Lipinski definition) is 1. The SMILES string of the molecule is CCC(c1ccccc1)n1nnc2cc(C(=O)O)ccc21. The van der Waals surface area contributed by atoms with E-state index in [9.17, 15) is 4.79 Å². The molecular formula is C16H15N3O2. The van der Waals surface area contributed by atoms with Crippen molar-refractivity contribution in [3.05, 3.63) is 59.7 Å². The Morgan fingerprint density at radius 3 is 2.67 bits per heavy atom. The Bertz CT molecular complexity index is 781. The van der Waals surface area contributed by atoms with E-state index < -0.39 is 5.97 Å². The lowest BCUT2D eigenvalue weighted by Crippen LogP contribution is -2.11. The molecule has 2 aromatic carbocycles. The second kappa shape index (κ2) is 5.36. The molecule has 3 aromatic rings. The monoisotopic (exact) mass is 281 g/mol. The third kappa shape index (κ3) is 2.38. The summed E-state index contributed by atoms with van der Waals surface area (Å²) in [5.41, 5.74) is 2.83. The fraction of sp³-hybridized carbons (Fsp3) is 0.188. The fourth-order valence-corrected chi connectivity index (χ4v) is 2.53. The second-order valence-electron chi connectivity index (χ2n) is 4.88. The maximum Gasteiger partial charge on any atom is 0.335 e. The minimum absolute atomic E-state index is 0.0897. The molecule has 0 fully saturated rings. The van der Waals surface area contributed by atoms with E-state index in [4.69, 9.17) is 5.11 Å². The molecule has 0 amide bonds. The van der Waals surface area contributed by atoms with Crippen molar-refractivity contribution in [2.75, 3.05) is 0 Å². The highest BCUT2D eigenvalue weighted by Gasteiger charge is 2.16. The van der Waals surface area contributed by atoms with E-state index in [1.807, 2.05) is 22.9 Å². The van der Waals surface area contributed by atoms with E-state index in [-0.39, 0.29) is 11.6 Å². The van der Waals surface area contributed by atoms with Crippen LogP contribution in [-0.4, -0.2) is 26.1 Å². The first-order valence-electron chi connectivity index (χ1n) is 6.84. The van der Waals surface area contributed by atoms with Crippen LogP contribution in [0.3, 0.4) is 0 Å². The normalized spacial score (nSPS) is 12.4.